The van der Waals surface area contributed by atoms with Crippen molar-refractivity contribution in [2.75, 3.05) is 44.7 Å². The van der Waals surface area contributed by atoms with Crippen LogP contribution < -0.4 is 9.64 Å². The molecule has 0 N–H and O–H groups in total. The minimum atomic E-state index is 0.638. The highest BCUT2D eigenvalue weighted by Crippen LogP contribution is 2.30. The topological polar surface area (TPSA) is 28.6 Å². The maximum atomic E-state index is 6.01. The van der Waals surface area contributed by atoms with Gasteiger partial charge in [-0.1, -0.05) is 24.3 Å². The van der Waals surface area contributed by atoms with Gasteiger partial charge in [0.1, 0.15) is 5.75 Å². The van der Waals surface area contributed by atoms with Crippen LogP contribution in [0.4, 0.5) is 5.69 Å². The van der Waals surface area contributed by atoms with Gasteiger partial charge in [-0.25, -0.2) is 0 Å². The lowest BCUT2D eigenvalue weighted by molar-refractivity contribution is 0.313. The molecule has 0 atom stereocenters. The second kappa shape index (κ2) is 7.75. The highest BCUT2D eigenvalue weighted by Gasteiger charge is 2.16. The third kappa shape index (κ3) is 3.81. The molecule has 0 spiro atoms. The van der Waals surface area contributed by atoms with Crippen molar-refractivity contribution < 1.29 is 4.74 Å². The zero-order valence-electron chi connectivity index (χ0n) is 15.3. The van der Waals surface area contributed by atoms with Crippen molar-refractivity contribution in [3.05, 3.63) is 66.5 Å². The molecule has 1 saturated heterocycles. The van der Waals surface area contributed by atoms with Crippen LogP contribution in [0.3, 0.4) is 0 Å². The van der Waals surface area contributed by atoms with E-state index in [4.69, 9.17) is 4.74 Å². The first-order valence-corrected chi connectivity index (χ1v) is 9.28. The van der Waals surface area contributed by atoms with E-state index in [2.05, 4.69) is 58.2 Å². The number of likely N-dealkylation sites (N-methyl/N-ethyl adjacent to an activating group) is 1. The summed E-state index contributed by atoms with van der Waals surface area (Å²) in [6.45, 7) is 4.99. The van der Waals surface area contributed by atoms with Crippen LogP contribution in [-0.2, 0) is 6.42 Å². The monoisotopic (exact) mass is 347 g/mol. The third-order valence-electron chi connectivity index (χ3n) is 5.03. The summed E-state index contributed by atoms with van der Waals surface area (Å²) >= 11 is 0. The van der Waals surface area contributed by atoms with E-state index in [1.54, 1.807) is 0 Å². The largest absolute Gasteiger partial charge is 0.493 e. The number of hydrogen-bond donors (Lipinski definition) is 0. The number of benzene rings is 2. The molecular formula is C22H25N3O. The van der Waals surface area contributed by atoms with Crippen LogP contribution >= 0.6 is 0 Å². The lowest BCUT2D eigenvalue weighted by atomic mass is 10.1. The molecule has 0 bridgehead atoms. The number of anilines is 1. The van der Waals surface area contributed by atoms with E-state index in [-0.39, 0.29) is 0 Å². The SMILES string of the molecule is CN1CCN(c2cccc3ccc(OCCc4ccccn4)cc23)CC1. The molecule has 1 aromatic heterocycles. The van der Waals surface area contributed by atoms with E-state index in [1.807, 2.05) is 24.4 Å². The Bertz CT molecular complexity index is 858. The van der Waals surface area contributed by atoms with Crippen molar-refractivity contribution in [2.24, 2.45) is 0 Å². The maximum absolute atomic E-state index is 6.01. The summed E-state index contributed by atoms with van der Waals surface area (Å²) in [4.78, 5) is 9.22. The summed E-state index contributed by atoms with van der Waals surface area (Å²) in [5.74, 6) is 0.926. The van der Waals surface area contributed by atoms with Crippen LogP contribution in [0.2, 0.25) is 0 Å². The molecule has 134 valence electrons. The molecule has 4 nitrogen and oxygen atoms in total. The highest BCUT2D eigenvalue weighted by molar-refractivity contribution is 5.95. The minimum absolute atomic E-state index is 0.638. The van der Waals surface area contributed by atoms with Crippen LogP contribution in [0.25, 0.3) is 10.8 Å². The van der Waals surface area contributed by atoms with Gasteiger partial charge in [0.15, 0.2) is 0 Å². The number of ether oxygens (including phenoxy) is 1. The number of piperazine rings is 1. The fourth-order valence-corrected chi connectivity index (χ4v) is 3.47. The van der Waals surface area contributed by atoms with Gasteiger partial charge in [0.25, 0.3) is 0 Å². The first-order chi connectivity index (χ1) is 12.8. The van der Waals surface area contributed by atoms with Gasteiger partial charge in [0.2, 0.25) is 0 Å². The number of aromatic nitrogens is 1. The van der Waals surface area contributed by atoms with E-state index in [1.165, 1.54) is 16.5 Å². The number of fused-ring (bicyclic) bond motifs is 1. The normalized spacial score (nSPS) is 15.3. The molecule has 0 amide bonds. The first-order valence-electron chi connectivity index (χ1n) is 9.28. The Morgan fingerprint density at radius 3 is 2.65 bits per heavy atom. The zero-order valence-corrected chi connectivity index (χ0v) is 15.3. The molecule has 2 heterocycles. The second-order valence-corrected chi connectivity index (χ2v) is 6.87. The molecule has 0 radical (unpaired) electrons. The van der Waals surface area contributed by atoms with Crippen LogP contribution in [-0.4, -0.2) is 49.7 Å². The fraction of sp³-hybridized carbons (Fsp3) is 0.318. The Morgan fingerprint density at radius 2 is 1.85 bits per heavy atom. The van der Waals surface area contributed by atoms with Gasteiger partial charge in [0.05, 0.1) is 6.61 Å². The summed E-state index contributed by atoms with van der Waals surface area (Å²) in [6.07, 6.45) is 2.65. The smallest absolute Gasteiger partial charge is 0.120 e. The highest BCUT2D eigenvalue weighted by atomic mass is 16.5. The Kier molecular flexibility index (Phi) is 5.02. The van der Waals surface area contributed by atoms with Crippen molar-refractivity contribution in [3.63, 3.8) is 0 Å². The van der Waals surface area contributed by atoms with E-state index in [0.717, 1.165) is 44.0 Å². The third-order valence-corrected chi connectivity index (χ3v) is 5.03. The molecule has 26 heavy (non-hydrogen) atoms. The molecule has 1 fully saturated rings. The Hall–Kier alpha value is -2.59. The van der Waals surface area contributed by atoms with Crippen molar-refractivity contribution in [1.29, 1.82) is 0 Å². The number of rotatable bonds is 5. The van der Waals surface area contributed by atoms with Crippen molar-refractivity contribution in [3.8, 4) is 5.75 Å². The van der Waals surface area contributed by atoms with Crippen LogP contribution in [0.5, 0.6) is 5.75 Å². The summed E-state index contributed by atoms with van der Waals surface area (Å²) in [5, 5.41) is 2.53. The van der Waals surface area contributed by atoms with Gasteiger partial charge in [-0.2, -0.15) is 0 Å². The van der Waals surface area contributed by atoms with Gasteiger partial charge in [-0.15, -0.1) is 0 Å². The summed E-state index contributed by atoms with van der Waals surface area (Å²) in [6, 6.07) is 18.9. The van der Waals surface area contributed by atoms with E-state index >= 15 is 0 Å². The first kappa shape index (κ1) is 16.9. The molecule has 4 heteroatoms. The van der Waals surface area contributed by atoms with E-state index in [0.29, 0.717) is 6.61 Å². The Morgan fingerprint density at radius 1 is 0.962 bits per heavy atom. The average molecular weight is 347 g/mol. The lowest BCUT2D eigenvalue weighted by Gasteiger charge is -2.34. The predicted octanol–water partition coefficient (Wildman–Crippen LogP) is 3.61. The molecule has 1 aliphatic heterocycles. The molecule has 2 aromatic carbocycles. The van der Waals surface area contributed by atoms with Crippen LogP contribution in [0.15, 0.2) is 60.8 Å². The average Bonchev–Trinajstić information content (AvgIpc) is 2.69. The van der Waals surface area contributed by atoms with Crippen LogP contribution in [0.1, 0.15) is 5.69 Å². The summed E-state index contributed by atoms with van der Waals surface area (Å²) in [7, 11) is 2.19. The number of hydrogen-bond acceptors (Lipinski definition) is 4. The second-order valence-electron chi connectivity index (χ2n) is 6.87. The standard InChI is InChI=1S/C22H25N3O/c1-24-12-14-25(15-13-24)22-7-4-5-18-8-9-20(17-21(18)22)26-16-10-19-6-2-3-11-23-19/h2-9,11,17H,10,12-16H2,1H3. The van der Waals surface area contributed by atoms with Gasteiger partial charge in [-0.05, 0) is 42.8 Å². The molecule has 0 saturated carbocycles. The molecule has 0 unspecified atom stereocenters. The molecule has 0 aliphatic carbocycles. The van der Waals surface area contributed by atoms with Gasteiger partial charge in [0, 0.05) is 55.6 Å². The van der Waals surface area contributed by atoms with E-state index < -0.39 is 0 Å². The Balaban J connectivity index is 1.51. The van der Waals surface area contributed by atoms with Crippen LogP contribution in [0, 0.1) is 0 Å². The number of pyridine rings is 1. The molecule has 3 aromatic rings. The Labute approximate surface area is 155 Å². The van der Waals surface area contributed by atoms with Gasteiger partial charge >= 0.3 is 0 Å². The minimum Gasteiger partial charge on any atom is -0.493 e. The van der Waals surface area contributed by atoms with Gasteiger partial charge in [-0.3, -0.25) is 4.98 Å². The fourth-order valence-electron chi connectivity index (χ4n) is 3.47. The van der Waals surface area contributed by atoms with Crippen molar-refractivity contribution in [2.45, 2.75) is 6.42 Å². The summed E-state index contributed by atoms with van der Waals surface area (Å²) in [5.41, 5.74) is 2.37. The van der Waals surface area contributed by atoms with Gasteiger partial charge < -0.3 is 14.5 Å². The lowest BCUT2D eigenvalue weighted by Crippen LogP contribution is -2.44. The predicted molar refractivity (Wildman–Crippen MR) is 107 cm³/mol. The quantitative estimate of drug-likeness (QED) is 0.705. The molecule has 4 rings (SSSR count). The zero-order chi connectivity index (χ0) is 17.8. The van der Waals surface area contributed by atoms with Crippen molar-refractivity contribution >= 4 is 16.5 Å². The van der Waals surface area contributed by atoms with E-state index in [9.17, 15) is 0 Å². The molecule has 1 aliphatic rings. The molecular weight excluding hydrogens is 322 g/mol. The maximum Gasteiger partial charge on any atom is 0.120 e. The van der Waals surface area contributed by atoms with Crippen molar-refractivity contribution in [1.82, 2.24) is 9.88 Å². The number of nitrogens with zero attached hydrogens (tertiary/aromatic N) is 3. The summed E-state index contributed by atoms with van der Waals surface area (Å²) < 4.78 is 6.01.